The molecule has 206 valence electrons. The number of nitrogens with one attached hydrogen (secondary N) is 2. The smallest absolute Gasteiger partial charge is 0.283 e. The summed E-state index contributed by atoms with van der Waals surface area (Å²) in [5.41, 5.74) is 1.53. The number of halogens is 1. The first kappa shape index (κ1) is 27.5. The molecule has 0 spiro atoms. The maximum Gasteiger partial charge on any atom is 0.283 e. The van der Waals surface area contributed by atoms with Gasteiger partial charge >= 0.3 is 0 Å². The van der Waals surface area contributed by atoms with E-state index in [0.717, 1.165) is 17.0 Å². The van der Waals surface area contributed by atoms with E-state index in [0.29, 0.717) is 27.5 Å². The van der Waals surface area contributed by atoms with Crippen molar-refractivity contribution in [1.82, 2.24) is 29.4 Å². The Labute approximate surface area is 235 Å². The monoisotopic (exact) mass is 589 g/mol. The molecule has 0 radical (unpaired) electrons. The number of sulfonamides is 1. The summed E-state index contributed by atoms with van der Waals surface area (Å²) in [6.07, 6.45) is 0.601. The van der Waals surface area contributed by atoms with Crippen LogP contribution >= 0.6 is 22.9 Å². The van der Waals surface area contributed by atoms with Crippen molar-refractivity contribution in [3.05, 3.63) is 44.9 Å². The molecule has 2 amide bonds. The second-order valence-corrected chi connectivity index (χ2v) is 13.3. The second kappa shape index (κ2) is 10.9. The number of rotatable bonds is 6. The number of aromatic nitrogens is 2. The van der Waals surface area contributed by atoms with Gasteiger partial charge in [0.15, 0.2) is 5.01 Å². The van der Waals surface area contributed by atoms with Crippen molar-refractivity contribution < 1.29 is 18.0 Å². The Balaban J connectivity index is 1.42. The number of carbonyl (C=O) groups excluding carboxylic acids is 2. The van der Waals surface area contributed by atoms with E-state index in [2.05, 4.69) is 22.2 Å². The van der Waals surface area contributed by atoms with Gasteiger partial charge in [0.1, 0.15) is 11.6 Å². The second-order valence-electron chi connectivity index (χ2n) is 9.87. The van der Waals surface area contributed by atoms with Gasteiger partial charge in [0.2, 0.25) is 5.91 Å². The van der Waals surface area contributed by atoms with Gasteiger partial charge in [-0.3, -0.25) is 9.59 Å². The summed E-state index contributed by atoms with van der Waals surface area (Å²) in [4.78, 5) is 37.9. The molecule has 39 heavy (non-hydrogen) atoms. The van der Waals surface area contributed by atoms with E-state index in [-0.39, 0.29) is 55.5 Å². The van der Waals surface area contributed by atoms with Gasteiger partial charge in [-0.05, 0) is 31.2 Å². The Hall–Kier alpha value is -3.02. The fraction of sp³-hybridized carbons (Fsp3) is 0.440. The number of nitrogens with zero attached hydrogens (tertiary/aromatic N) is 5. The van der Waals surface area contributed by atoms with Crippen LogP contribution < -0.4 is 5.32 Å². The van der Waals surface area contributed by atoms with E-state index in [4.69, 9.17) is 16.9 Å². The zero-order valence-corrected chi connectivity index (χ0v) is 23.9. The highest BCUT2D eigenvalue weighted by molar-refractivity contribution is 7.89. The highest BCUT2D eigenvalue weighted by Gasteiger charge is 2.39. The molecule has 5 rings (SSSR count). The van der Waals surface area contributed by atoms with Gasteiger partial charge in [-0.1, -0.05) is 11.6 Å². The van der Waals surface area contributed by atoms with Gasteiger partial charge in [0, 0.05) is 72.9 Å². The van der Waals surface area contributed by atoms with Crippen LogP contribution in [0.4, 0.5) is 0 Å². The van der Waals surface area contributed by atoms with Gasteiger partial charge in [-0.2, -0.15) is 9.57 Å². The molecule has 1 fully saturated rings. The van der Waals surface area contributed by atoms with Crippen LogP contribution in [0.2, 0.25) is 5.02 Å². The molecule has 3 aromatic rings. The molecular weight excluding hydrogens is 562 g/mol. The predicted molar refractivity (Wildman–Crippen MR) is 147 cm³/mol. The molecule has 11 nitrogen and oxygen atoms in total. The standard InChI is InChI=1S/C25H28ClN7O4S2/c1-15-9-20-21(13-28-15)38-24(30-20)25(35)33-8-7-32(14-18(33)12-23(34)31(2)6-5-27)39(36,37)22-11-16-10-17(26)3-4-19(16)29-22/h3-4,10-11,15,18,28-29H,6-9,12-14H2,1-2H3. The fourth-order valence-electron chi connectivity index (χ4n) is 4.92. The van der Waals surface area contributed by atoms with E-state index in [1.165, 1.54) is 33.7 Å². The number of fused-ring (bicyclic) bond motifs is 2. The Bertz CT molecular complexity index is 1580. The zero-order chi connectivity index (χ0) is 27.9. The van der Waals surface area contributed by atoms with Gasteiger partial charge in [-0.25, -0.2) is 13.4 Å². The van der Waals surface area contributed by atoms with Crippen molar-refractivity contribution in [1.29, 1.82) is 5.26 Å². The number of carbonyl (C=O) groups is 2. The van der Waals surface area contributed by atoms with Crippen LogP contribution in [0, 0.1) is 11.3 Å². The van der Waals surface area contributed by atoms with Crippen LogP contribution in [0.5, 0.6) is 0 Å². The summed E-state index contributed by atoms with van der Waals surface area (Å²) in [5.74, 6) is -0.671. The number of hydrogen-bond acceptors (Lipinski definition) is 8. The van der Waals surface area contributed by atoms with E-state index in [9.17, 15) is 18.0 Å². The van der Waals surface area contributed by atoms with Crippen LogP contribution in [0.15, 0.2) is 29.3 Å². The van der Waals surface area contributed by atoms with Crippen molar-refractivity contribution in [2.45, 2.75) is 43.4 Å². The summed E-state index contributed by atoms with van der Waals surface area (Å²) < 4.78 is 28.5. The van der Waals surface area contributed by atoms with Crippen LogP contribution in [0.3, 0.4) is 0 Å². The van der Waals surface area contributed by atoms with Gasteiger partial charge in [0.05, 0.1) is 17.8 Å². The molecule has 1 saturated heterocycles. The molecule has 4 heterocycles. The third-order valence-electron chi connectivity index (χ3n) is 7.10. The number of nitriles is 1. The summed E-state index contributed by atoms with van der Waals surface area (Å²) in [6.45, 7) is 2.69. The molecule has 2 aromatic heterocycles. The molecule has 14 heteroatoms. The fourth-order valence-corrected chi connectivity index (χ4v) is 7.58. The number of hydrogen-bond donors (Lipinski definition) is 2. The Morgan fingerprint density at radius 2 is 2.10 bits per heavy atom. The quantitative estimate of drug-likeness (QED) is 0.420. The van der Waals surface area contributed by atoms with Crippen LogP contribution in [-0.4, -0.2) is 89.6 Å². The first-order chi connectivity index (χ1) is 18.6. The van der Waals surface area contributed by atoms with Crippen molar-refractivity contribution >= 4 is 55.7 Å². The summed E-state index contributed by atoms with van der Waals surface area (Å²) in [7, 11) is -2.45. The molecule has 0 aliphatic carbocycles. The van der Waals surface area contributed by atoms with Crippen molar-refractivity contribution in [2.75, 3.05) is 33.2 Å². The summed E-state index contributed by atoms with van der Waals surface area (Å²) in [5, 5.41) is 13.9. The molecule has 2 aliphatic heterocycles. The minimum atomic E-state index is -3.96. The number of aromatic amines is 1. The summed E-state index contributed by atoms with van der Waals surface area (Å²) >= 11 is 7.40. The van der Waals surface area contributed by atoms with Crippen molar-refractivity contribution in [3.8, 4) is 6.07 Å². The lowest BCUT2D eigenvalue weighted by atomic mass is 10.1. The molecule has 1 aromatic carbocycles. The Kier molecular flexibility index (Phi) is 7.67. The number of thiazole rings is 1. The number of piperazine rings is 1. The Morgan fingerprint density at radius 3 is 2.87 bits per heavy atom. The van der Waals surface area contributed by atoms with E-state index >= 15 is 0 Å². The molecule has 2 atom stereocenters. The number of amides is 2. The van der Waals surface area contributed by atoms with Gasteiger partial charge in [0.25, 0.3) is 15.9 Å². The molecule has 0 saturated carbocycles. The first-order valence-electron chi connectivity index (χ1n) is 12.5. The van der Waals surface area contributed by atoms with E-state index in [1.54, 1.807) is 23.1 Å². The highest BCUT2D eigenvalue weighted by atomic mass is 35.5. The SMILES string of the molecule is CC1Cc2nc(C(=O)N3CCN(S(=O)(=O)c4cc5cc(Cl)ccc5[nH]4)CC3CC(=O)N(C)CC#N)sc2CN1. The lowest BCUT2D eigenvalue weighted by Crippen LogP contribution is -2.57. The zero-order valence-electron chi connectivity index (χ0n) is 21.5. The van der Waals surface area contributed by atoms with Crippen LogP contribution in [0.1, 0.15) is 33.7 Å². The van der Waals surface area contributed by atoms with Crippen LogP contribution in [0.25, 0.3) is 10.9 Å². The highest BCUT2D eigenvalue weighted by Crippen LogP contribution is 2.29. The normalized spacial score (nSPS) is 20.0. The minimum Gasteiger partial charge on any atom is -0.345 e. The predicted octanol–water partition coefficient (Wildman–Crippen LogP) is 2.20. The van der Waals surface area contributed by atoms with Crippen molar-refractivity contribution in [2.24, 2.45) is 0 Å². The molecule has 0 bridgehead atoms. The lowest BCUT2D eigenvalue weighted by molar-refractivity contribution is -0.130. The maximum atomic E-state index is 13.7. The maximum absolute atomic E-state index is 13.7. The largest absolute Gasteiger partial charge is 0.345 e. The minimum absolute atomic E-state index is 0.0143. The first-order valence-corrected chi connectivity index (χ1v) is 15.1. The number of benzene rings is 1. The van der Waals surface area contributed by atoms with Crippen LogP contribution in [-0.2, 0) is 27.8 Å². The molecular formula is C25H28ClN7O4S2. The third-order valence-corrected chi connectivity index (χ3v) is 10.2. The number of H-pyrrole nitrogens is 1. The topological polar surface area (TPSA) is 142 Å². The van der Waals surface area contributed by atoms with E-state index < -0.39 is 16.1 Å². The average molecular weight is 590 g/mol. The summed E-state index contributed by atoms with van der Waals surface area (Å²) in [6, 6.07) is 8.07. The average Bonchev–Trinajstić information content (AvgIpc) is 3.52. The lowest BCUT2D eigenvalue weighted by Gasteiger charge is -2.40. The molecule has 2 aliphatic rings. The van der Waals surface area contributed by atoms with Gasteiger partial charge < -0.3 is 20.1 Å². The Morgan fingerprint density at radius 1 is 1.31 bits per heavy atom. The molecule has 2 N–H and O–H groups in total. The van der Waals surface area contributed by atoms with Gasteiger partial charge in [-0.15, -0.1) is 11.3 Å². The van der Waals surface area contributed by atoms with E-state index in [1.807, 2.05) is 6.07 Å². The third kappa shape index (κ3) is 5.53. The van der Waals surface area contributed by atoms with Crippen molar-refractivity contribution in [3.63, 3.8) is 0 Å². The molecule has 2 unspecified atom stereocenters.